The Morgan fingerprint density at radius 2 is 2.42 bits per heavy atom. The van der Waals surface area contributed by atoms with Gasteiger partial charge in [-0.05, 0) is 25.0 Å². The number of rotatable bonds is 2. The minimum Gasteiger partial charge on any atom is -0.349 e. The summed E-state index contributed by atoms with van der Waals surface area (Å²) in [5, 5.41) is 6.14. The van der Waals surface area contributed by atoms with Gasteiger partial charge in [-0.15, -0.1) is 0 Å². The van der Waals surface area contributed by atoms with Crippen molar-refractivity contribution in [2.24, 2.45) is 5.92 Å². The fourth-order valence-corrected chi connectivity index (χ4v) is 1.53. The van der Waals surface area contributed by atoms with Crippen LogP contribution in [0.15, 0.2) is 12.7 Å². The van der Waals surface area contributed by atoms with E-state index < -0.39 is 0 Å². The molecule has 0 spiro atoms. The number of piperidine rings is 1. The lowest BCUT2D eigenvalue weighted by atomic mass is 9.98. The van der Waals surface area contributed by atoms with E-state index in [1.54, 1.807) is 0 Å². The van der Waals surface area contributed by atoms with Crippen LogP contribution in [0.2, 0.25) is 0 Å². The smallest absolute Gasteiger partial charge is 0.243 e. The zero-order valence-corrected chi connectivity index (χ0v) is 7.47. The Kier molecular flexibility index (Phi) is 3.29. The molecule has 2 atom stereocenters. The first-order valence-electron chi connectivity index (χ1n) is 4.36. The third-order valence-corrected chi connectivity index (χ3v) is 2.10. The largest absolute Gasteiger partial charge is 0.349 e. The average molecular weight is 168 g/mol. The van der Waals surface area contributed by atoms with E-state index in [1.807, 2.05) is 0 Å². The average Bonchev–Trinajstić information content (AvgIpc) is 2.04. The minimum atomic E-state index is -0.0732. The quantitative estimate of drug-likeness (QED) is 0.582. The molecular weight excluding hydrogens is 152 g/mol. The number of carbonyl (C=O) groups excluding carboxylic acids is 1. The van der Waals surface area contributed by atoms with Gasteiger partial charge in [0.1, 0.15) is 0 Å². The lowest BCUT2D eigenvalue weighted by Gasteiger charge is -2.27. The van der Waals surface area contributed by atoms with E-state index in [4.69, 9.17) is 0 Å². The Labute approximate surface area is 73.2 Å². The van der Waals surface area contributed by atoms with Crippen molar-refractivity contribution in [2.75, 3.05) is 13.1 Å². The van der Waals surface area contributed by atoms with Crippen LogP contribution in [0.5, 0.6) is 0 Å². The molecule has 1 rings (SSSR count). The van der Waals surface area contributed by atoms with Crippen molar-refractivity contribution < 1.29 is 4.79 Å². The summed E-state index contributed by atoms with van der Waals surface area (Å²) in [6.45, 7) is 7.53. The van der Waals surface area contributed by atoms with E-state index in [0.29, 0.717) is 5.92 Å². The second kappa shape index (κ2) is 4.26. The van der Waals surface area contributed by atoms with E-state index in [-0.39, 0.29) is 11.9 Å². The van der Waals surface area contributed by atoms with Crippen molar-refractivity contribution in [2.45, 2.75) is 19.4 Å². The first kappa shape index (κ1) is 9.26. The molecular formula is C9H16N2O. The number of hydrogen-bond donors (Lipinski definition) is 2. The Morgan fingerprint density at radius 1 is 1.67 bits per heavy atom. The minimum absolute atomic E-state index is 0.0732. The van der Waals surface area contributed by atoms with Crippen LogP contribution in [-0.2, 0) is 4.79 Å². The molecule has 1 heterocycles. The fraction of sp³-hybridized carbons (Fsp3) is 0.667. The normalized spacial score (nSPS) is 29.4. The summed E-state index contributed by atoms with van der Waals surface area (Å²) in [6.07, 6.45) is 2.38. The molecule has 1 aliphatic rings. The number of nitrogens with one attached hydrogen (secondary N) is 2. The zero-order valence-electron chi connectivity index (χ0n) is 7.47. The summed E-state index contributed by atoms with van der Waals surface area (Å²) in [5.41, 5.74) is 0. The highest BCUT2D eigenvalue weighted by atomic mass is 16.1. The Bertz CT molecular complexity index is 179. The van der Waals surface area contributed by atoms with Crippen molar-refractivity contribution in [1.82, 2.24) is 10.6 Å². The summed E-state index contributed by atoms with van der Waals surface area (Å²) in [7, 11) is 0. The van der Waals surface area contributed by atoms with Gasteiger partial charge in [0.15, 0.2) is 0 Å². The maximum absolute atomic E-state index is 10.9. The van der Waals surface area contributed by atoms with E-state index in [2.05, 4.69) is 24.1 Å². The van der Waals surface area contributed by atoms with E-state index in [0.717, 1.165) is 19.5 Å². The van der Waals surface area contributed by atoms with Gasteiger partial charge in [0.25, 0.3) is 0 Å². The SMILES string of the molecule is C=CC(=O)N[C@@H]1CNC[C@H](C)C1. The van der Waals surface area contributed by atoms with Crippen molar-refractivity contribution >= 4 is 5.91 Å². The summed E-state index contributed by atoms with van der Waals surface area (Å²) >= 11 is 0. The third-order valence-electron chi connectivity index (χ3n) is 2.10. The highest BCUT2D eigenvalue weighted by molar-refractivity contribution is 5.87. The second-order valence-electron chi connectivity index (χ2n) is 3.41. The van der Waals surface area contributed by atoms with Gasteiger partial charge in [-0.3, -0.25) is 4.79 Å². The maximum Gasteiger partial charge on any atom is 0.243 e. The fourth-order valence-electron chi connectivity index (χ4n) is 1.53. The second-order valence-corrected chi connectivity index (χ2v) is 3.41. The molecule has 0 aliphatic carbocycles. The summed E-state index contributed by atoms with van der Waals surface area (Å²) in [6, 6.07) is 0.277. The van der Waals surface area contributed by atoms with Gasteiger partial charge in [-0.25, -0.2) is 0 Å². The molecule has 0 aromatic carbocycles. The standard InChI is InChI=1S/C9H16N2O/c1-3-9(12)11-8-4-7(2)5-10-6-8/h3,7-8,10H,1,4-6H2,2H3,(H,11,12)/t7-,8+/m1/s1. The maximum atomic E-state index is 10.9. The van der Waals surface area contributed by atoms with Gasteiger partial charge < -0.3 is 10.6 Å². The molecule has 1 aliphatic heterocycles. The Balaban J connectivity index is 2.31. The van der Waals surface area contributed by atoms with E-state index >= 15 is 0 Å². The van der Waals surface area contributed by atoms with Crippen LogP contribution in [0.25, 0.3) is 0 Å². The van der Waals surface area contributed by atoms with Crippen LogP contribution in [0.4, 0.5) is 0 Å². The zero-order chi connectivity index (χ0) is 8.97. The van der Waals surface area contributed by atoms with Crippen molar-refractivity contribution in [3.05, 3.63) is 12.7 Å². The molecule has 2 N–H and O–H groups in total. The molecule has 1 fully saturated rings. The molecule has 0 aromatic heterocycles. The molecule has 3 nitrogen and oxygen atoms in total. The monoisotopic (exact) mass is 168 g/mol. The Morgan fingerprint density at radius 3 is 3.00 bits per heavy atom. The van der Waals surface area contributed by atoms with Gasteiger partial charge in [-0.1, -0.05) is 13.5 Å². The van der Waals surface area contributed by atoms with Crippen molar-refractivity contribution in [3.63, 3.8) is 0 Å². The first-order chi connectivity index (χ1) is 5.72. The van der Waals surface area contributed by atoms with Gasteiger partial charge in [0.2, 0.25) is 5.91 Å². The Hall–Kier alpha value is -0.830. The molecule has 12 heavy (non-hydrogen) atoms. The highest BCUT2D eigenvalue weighted by Gasteiger charge is 2.18. The molecule has 0 bridgehead atoms. The number of carbonyl (C=O) groups is 1. The van der Waals surface area contributed by atoms with Crippen molar-refractivity contribution in [3.8, 4) is 0 Å². The molecule has 3 heteroatoms. The van der Waals surface area contributed by atoms with Gasteiger partial charge in [-0.2, -0.15) is 0 Å². The molecule has 68 valence electrons. The van der Waals surface area contributed by atoms with Crippen LogP contribution in [-0.4, -0.2) is 25.0 Å². The van der Waals surface area contributed by atoms with Crippen molar-refractivity contribution in [1.29, 1.82) is 0 Å². The van der Waals surface area contributed by atoms with Crippen LogP contribution in [0.3, 0.4) is 0 Å². The van der Waals surface area contributed by atoms with Crippen LogP contribution in [0.1, 0.15) is 13.3 Å². The predicted molar refractivity (Wildman–Crippen MR) is 48.8 cm³/mol. The summed E-state index contributed by atoms with van der Waals surface area (Å²) in [4.78, 5) is 10.9. The topological polar surface area (TPSA) is 41.1 Å². The summed E-state index contributed by atoms with van der Waals surface area (Å²) < 4.78 is 0. The third kappa shape index (κ3) is 2.66. The highest BCUT2D eigenvalue weighted by Crippen LogP contribution is 2.08. The van der Waals surface area contributed by atoms with Crippen LogP contribution in [0, 0.1) is 5.92 Å². The predicted octanol–water partition coefficient (Wildman–Crippen LogP) is 0.287. The molecule has 1 amide bonds. The number of amides is 1. The molecule has 0 aromatic rings. The van der Waals surface area contributed by atoms with E-state index in [9.17, 15) is 4.79 Å². The van der Waals surface area contributed by atoms with Gasteiger partial charge in [0.05, 0.1) is 0 Å². The lowest BCUT2D eigenvalue weighted by Crippen LogP contribution is -2.47. The van der Waals surface area contributed by atoms with E-state index in [1.165, 1.54) is 6.08 Å². The number of hydrogen-bond acceptors (Lipinski definition) is 2. The first-order valence-corrected chi connectivity index (χ1v) is 4.36. The van der Waals surface area contributed by atoms with Crippen LogP contribution >= 0.6 is 0 Å². The molecule has 1 saturated heterocycles. The lowest BCUT2D eigenvalue weighted by molar-refractivity contribution is -0.117. The van der Waals surface area contributed by atoms with Gasteiger partial charge >= 0.3 is 0 Å². The van der Waals surface area contributed by atoms with Gasteiger partial charge in [0, 0.05) is 12.6 Å². The summed E-state index contributed by atoms with van der Waals surface area (Å²) in [5.74, 6) is 0.574. The molecule has 0 radical (unpaired) electrons. The van der Waals surface area contributed by atoms with Crippen LogP contribution < -0.4 is 10.6 Å². The molecule has 0 saturated carbocycles. The molecule has 0 unspecified atom stereocenters.